The lowest BCUT2D eigenvalue weighted by molar-refractivity contribution is 0.507. The Morgan fingerprint density at radius 3 is 2.24 bits per heavy atom. The van der Waals surface area contributed by atoms with Crippen LogP contribution in [0.4, 0.5) is 0 Å². The first-order valence-corrected chi connectivity index (χ1v) is 8.02. The van der Waals surface area contributed by atoms with Crippen molar-refractivity contribution in [2.75, 3.05) is 6.54 Å². The van der Waals surface area contributed by atoms with E-state index in [0.717, 1.165) is 12.5 Å². The average molecular weight is 281 g/mol. The number of aryl methyl sites for hydroxylation is 1. The minimum Gasteiger partial charge on any atom is -0.306 e. The molecule has 1 nitrogen and oxygen atoms in total. The van der Waals surface area contributed by atoms with E-state index in [2.05, 4.69) is 80.7 Å². The van der Waals surface area contributed by atoms with E-state index in [1.54, 1.807) is 0 Å². The van der Waals surface area contributed by atoms with Crippen LogP contribution in [0.15, 0.2) is 54.6 Å². The summed E-state index contributed by atoms with van der Waals surface area (Å²) in [7, 11) is 0. The van der Waals surface area contributed by atoms with Crippen LogP contribution in [0.25, 0.3) is 0 Å². The molecule has 0 amide bonds. The minimum atomic E-state index is 0.291. The third-order valence-corrected chi connectivity index (χ3v) is 3.94. The lowest BCUT2D eigenvalue weighted by atomic mass is 9.95. The van der Waals surface area contributed by atoms with Crippen LogP contribution in [-0.4, -0.2) is 6.54 Å². The highest BCUT2D eigenvalue weighted by atomic mass is 14.9. The van der Waals surface area contributed by atoms with Gasteiger partial charge >= 0.3 is 0 Å². The summed E-state index contributed by atoms with van der Waals surface area (Å²) in [5, 5.41) is 3.75. The second-order valence-corrected chi connectivity index (χ2v) is 6.19. The molecule has 0 aliphatic heterocycles. The highest BCUT2D eigenvalue weighted by Gasteiger charge is 2.14. The summed E-state index contributed by atoms with van der Waals surface area (Å²) < 4.78 is 0. The third-order valence-electron chi connectivity index (χ3n) is 3.94. The van der Waals surface area contributed by atoms with Gasteiger partial charge in [-0.2, -0.15) is 0 Å². The van der Waals surface area contributed by atoms with Crippen LogP contribution in [0.2, 0.25) is 0 Å². The maximum atomic E-state index is 3.75. The van der Waals surface area contributed by atoms with Crippen LogP contribution < -0.4 is 5.32 Å². The number of hydrogen-bond acceptors (Lipinski definition) is 1. The molecule has 0 saturated carbocycles. The van der Waals surface area contributed by atoms with Gasteiger partial charge in [0.1, 0.15) is 0 Å². The zero-order valence-electron chi connectivity index (χ0n) is 13.5. The predicted molar refractivity (Wildman–Crippen MR) is 91.5 cm³/mol. The van der Waals surface area contributed by atoms with Crippen LogP contribution in [0.3, 0.4) is 0 Å². The van der Waals surface area contributed by atoms with Crippen LogP contribution >= 0.6 is 0 Å². The molecule has 1 heteroatoms. The van der Waals surface area contributed by atoms with Crippen molar-refractivity contribution in [2.24, 2.45) is 5.92 Å². The Balaban J connectivity index is 2.14. The van der Waals surface area contributed by atoms with Crippen LogP contribution in [0.1, 0.15) is 49.4 Å². The fourth-order valence-electron chi connectivity index (χ4n) is 2.72. The number of rotatable bonds is 7. The first-order chi connectivity index (χ1) is 10.2. The molecule has 0 heterocycles. The molecule has 112 valence electrons. The van der Waals surface area contributed by atoms with E-state index >= 15 is 0 Å². The van der Waals surface area contributed by atoms with Gasteiger partial charge in [-0.1, -0.05) is 68.4 Å². The van der Waals surface area contributed by atoms with Crippen molar-refractivity contribution in [1.29, 1.82) is 0 Å². The molecule has 0 spiro atoms. The molecule has 2 aromatic rings. The van der Waals surface area contributed by atoms with Gasteiger partial charge in [0.2, 0.25) is 0 Å². The second kappa shape index (κ2) is 7.99. The van der Waals surface area contributed by atoms with Gasteiger partial charge in [-0.3, -0.25) is 0 Å². The number of hydrogen-bond donors (Lipinski definition) is 1. The Morgan fingerprint density at radius 2 is 1.57 bits per heavy atom. The van der Waals surface area contributed by atoms with Crippen molar-refractivity contribution in [2.45, 2.75) is 39.7 Å². The van der Waals surface area contributed by atoms with E-state index < -0.39 is 0 Å². The first-order valence-electron chi connectivity index (χ1n) is 8.02. The molecule has 0 aromatic heterocycles. The SMILES string of the molecule is Cc1ccccc1C(NCCCC(C)C)c1ccccc1. The third kappa shape index (κ3) is 4.71. The van der Waals surface area contributed by atoms with Crippen molar-refractivity contribution >= 4 is 0 Å². The Bertz CT molecular complexity index is 531. The van der Waals surface area contributed by atoms with E-state index in [0.29, 0.717) is 6.04 Å². The molecule has 1 atom stereocenters. The molecular weight excluding hydrogens is 254 g/mol. The average Bonchev–Trinajstić information content (AvgIpc) is 2.49. The fourth-order valence-corrected chi connectivity index (χ4v) is 2.72. The van der Waals surface area contributed by atoms with Crippen molar-refractivity contribution in [3.63, 3.8) is 0 Å². The molecule has 0 aliphatic rings. The van der Waals surface area contributed by atoms with E-state index in [4.69, 9.17) is 0 Å². The van der Waals surface area contributed by atoms with E-state index in [9.17, 15) is 0 Å². The lowest BCUT2D eigenvalue weighted by Gasteiger charge is -2.22. The van der Waals surface area contributed by atoms with Crippen molar-refractivity contribution in [3.05, 3.63) is 71.3 Å². The Hall–Kier alpha value is -1.60. The van der Waals surface area contributed by atoms with Crippen molar-refractivity contribution in [3.8, 4) is 0 Å². The summed E-state index contributed by atoms with van der Waals surface area (Å²) in [5.74, 6) is 0.778. The monoisotopic (exact) mass is 281 g/mol. The fraction of sp³-hybridized carbons (Fsp3) is 0.400. The topological polar surface area (TPSA) is 12.0 Å². The summed E-state index contributed by atoms with van der Waals surface area (Å²) in [6, 6.07) is 19.7. The van der Waals surface area contributed by atoms with Gasteiger partial charge in [-0.25, -0.2) is 0 Å². The van der Waals surface area contributed by atoms with Gasteiger partial charge in [-0.15, -0.1) is 0 Å². The quantitative estimate of drug-likeness (QED) is 0.695. The maximum absolute atomic E-state index is 3.75. The molecule has 0 bridgehead atoms. The molecule has 1 N–H and O–H groups in total. The van der Waals surface area contributed by atoms with Gasteiger partial charge in [0.25, 0.3) is 0 Å². The molecule has 1 unspecified atom stereocenters. The molecule has 2 rings (SSSR count). The molecule has 0 radical (unpaired) electrons. The smallest absolute Gasteiger partial charge is 0.0579 e. The minimum absolute atomic E-state index is 0.291. The highest BCUT2D eigenvalue weighted by molar-refractivity contribution is 5.36. The summed E-state index contributed by atoms with van der Waals surface area (Å²) in [6.45, 7) is 7.83. The number of benzene rings is 2. The van der Waals surface area contributed by atoms with Gasteiger partial charge in [0.05, 0.1) is 6.04 Å². The first kappa shape index (κ1) is 15.8. The van der Waals surface area contributed by atoms with Gasteiger partial charge in [0, 0.05) is 0 Å². The summed E-state index contributed by atoms with van der Waals surface area (Å²) in [4.78, 5) is 0. The molecule has 2 aromatic carbocycles. The second-order valence-electron chi connectivity index (χ2n) is 6.19. The van der Waals surface area contributed by atoms with E-state index in [1.165, 1.54) is 29.5 Å². The summed E-state index contributed by atoms with van der Waals surface area (Å²) in [5.41, 5.74) is 4.08. The normalized spacial score (nSPS) is 12.6. The molecule has 0 aliphatic carbocycles. The standard InChI is InChI=1S/C20H27N/c1-16(2)10-9-15-21-20(18-12-5-4-6-13-18)19-14-8-7-11-17(19)3/h4-8,11-14,16,20-21H,9-10,15H2,1-3H3. The molecule has 21 heavy (non-hydrogen) atoms. The van der Waals surface area contributed by atoms with Crippen LogP contribution in [-0.2, 0) is 0 Å². The number of nitrogens with one attached hydrogen (secondary N) is 1. The van der Waals surface area contributed by atoms with Gasteiger partial charge < -0.3 is 5.32 Å². The van der Waals surface area contributed by atoms with E-state index in [-0.39, 0.29) is 0 Å². The summed E-state index contributed by atoms with van der Waals surface area (Å²) >= 11 is 0. The summed E-state index contributed by atoms with van der Waals surface area (Å²) in [6.07, 6.45) is 2.51. The zero-order valence-corrected chi connectivity index (χ0v) is 13.5. The Labute approximate surface area is 129 Å². The zero-order chi connectivity index (χ0) is 15.1. The lowest BCUT2D eigenvalue weighted by Crippen LogP contribution is -2.24. The van der Waals surface area contributed by atoms with E-state index in [1.807, 2.05) is 0 Å². The van der Waals surface area contributed by atoms with Gasteiger partial charge in [-0.05, 0) is 48.9 Å². The molecule has 0 fully saturated rings. The molecule has 0 saturated heterocycles. The van der Waals surface area contributed by atoms with Crippen molar-refractivity contribution in [1.82, 2.24) is 5.32 Å². The predicted octanol–water partition coefficient (Wildman–Crippen LogP) is 5.11. The Morgan fingerprint density at radius 1 is 0.905 bits per heavy atom. The van der Waals surface area contributed by atoms with Crippen LogP contribution in [0, 0.1) is 12.8 Å². The largest absolute Gasteiger partial charge is 0.306 e. The Kier molecular flexibility index (Phi) is 6.01. The van der Waals surface area contributed by atoms with Gasteiger partial charge in [0.15, 0.2) is 0 Å². The highest BCUT2D eigenvalue weighted by Crippen LogP contribution is 2.24. The molecular formula is C20H27N. The maximum Gasteiger partial charge on any atom is 0.0579 e. The van der Waals surface area contributed by atoms with Crippen molar-refractivity contribution < 1.29 is 0 Å². The van der Waals surface area contributed by atoms with Crippen LogP contribution in [0.5, 0.6) is 0 Å².